The van der Waals surface area contributed by atoms with Crippen molar-refractivity contribution in [2.75, 3.05) is 5.73 Å². The molecule has 2 aromatic rings. The van der Waals surface area contributed by atoms with Crippen LogP contribution in [0.25, 0.3) is 11.3 Å². The molecule has 2 rings (SSSR count). The third-order valence-corrected chi connectivity index (χ3v) is 2.56. The summed E-state index contributed by atoms with van der Waals surface area (Å²) in [7, 11) is 0. The van der Waals surface area contributed by atoms with Crippen LogP contribution in [-0.2, 0) is 0 Å². The van der Waals surface area contributed by atoms with Gasteiger partial charge >= 0.3 is 0 Å². The van der Waals surface area contributed by atoms with E-state index in [0.29, 0.717) is 0 Å². The van der Waals surface area contributed by atoms with E-state index in [4.69, 9.17) is 5.73 Å². The molecule has 0 aliphatic carbocycles. The van der Waals surface area contributed by atoms with Gasteiger partial charge in [0.1, 0.15) is 5.82 Å². The Hall–Kier alpha value is -1.77. The summed E-state index contributed by atoms with van der Waals surface area (Å²) in [5.41, 5.74) is 10.9. The number of nitrogens with one attached hydrogen (secondary N) is 1. The number of nitrogens with zero attached hydrogens (tertiary/aromatic N) is 1. The van der Waals surface area contributed by atoms with Gasteiger partial charge in [-0.05, 0) is 32.4 Å². The molecule has 0 aliphatic rings. The molecule has 3 N–H and O–H groups in total. The minimum atomic E-state index is 0.813. The van der Waals surface area contributed by atoms with Crippen molar-refractivity contribution in [3.8, 4) is 11.3 Å². The van der Waals surface area contributed by atoms with E-state index in [0.717, 1.165) is 34.0 Å². The average molecular weight is 201 g/mol. The first-order valence-corrected chi connectivity index (χ1v) is 4.97. The van der Waals surface area contributed by atoms with E-state index in [-0.39, 0.29) is 0 Å². The number of H-pyrrole nitrogens is 1. The maximum absolute atomic E-state index is 5.88. The summed E-state index contributed by atoms with van der Waals surface area (Å²) >= 11 is 0. The smallest absolute Gasteiger partial charge is 0.103 e. The summed E-state index contributed by atoms with van der Waals surface area (Å²) < 4.78 is 0. The molecule has 0 saturated heterocycles. The molecule has 15 heavy (non-hydrogen) atoms. The highest BCUT2D eigenvalue weighted by Gasteiger charge is 2.07. The second-order valence-corrected chi connectivity index (χ2v) is 3.87. The third kappa shape index (κ3) is 1.73. The van der Waals surface area contributed by atoms with Crippen molar-refractivity contribution >= 4 is 5.69 Å². The lowest BCUT2D eigenvalue weighted by Gasteiger charge is -2.03. The second kappa shape index (κ2) is 3.42. The van der Waals surface area contributed by atoms with Crippen LogP contribution >= 0.6 is 0 Å². The largest absolute Gasteiger partial charge is 0.398 e. The van der Waals surface area contributed by atoms with Crippen molar-refractivity contribution in [3.05, 3.63) is 35.3 Å². The van der Waals surface area contributed by atoms with Gasteiger partial charge in [0.2, 0.25) is 0 Å². The fourth-order valence-electron chi connectivity index (χ4n) is 1.68. The summed E-state index contributed by atoms with van der Waals surface area (Å²) in [5.74, 6) is 0.932. The number of hydrogen-bond donors (Lipinski definition) is 2. The van der Waals surface area contributed by atoms with Crippen LogP contribution < -0.4 is 5.73 Å². The number of hydrogen-bond acceptors (Lipinski definition) is 2. The zero-order chi connectivity index (χ0) is 11.0. The average Bonchev–Trinajstić information content (AvgIpc) is 2.50. The normalized spacial score (nSPS) is 10.6. The lowest BCUT2D eigenvalue weighted by atomic mass is 10.1. The minimum absolute atomic E-state index is 0.813. The zero-order valence-corrected chi connectivity index (χ0v) is 9.26. The third-order valence-electron chi connectivity index (χ3n) is 2.56. The summed E-state index contributed by atoms with van der Waals surface area (Å²) in [5, 5.41) is 0. The Labute approximate surface area is 89.4 Å². The molecule has 1 aromatic heterocycles. The molecule has 0 amide bonds. The summed E-state index contributed by atoms with van der Waals surface area (Å²) in [4.78, 5) is 7.63. The lowest BCUT2D eigenvalue weighted by Crippen LogP contribution is -1.90. The summed E-state index contributed by atoms with van der Waals surface area (Å²) in [6.07, 6.45) is 0. The van der Waals surface area contributed by atoms with Crippen LogP contribution in [0.5, 0.6) is 0 Å². The number of aromatic amines is 1. The van der Waals surface area contributed by atoms with Crippen LogP contribution in [0.2, 0.25) is 0 Å². The first-order valence-electron chi connectivity index (χ1n) is 4.97. The van der Waals surface area contributed by atoms with Gasteiger partial charge in [0.05, 0.1) is 5.69 Å². The number of nitrogens with two attached hydrogens (primary N) is 1. The molecular formula is C12H15N3. The molecule has 0 radical (unpaired) electrons. The fraction of sp³-hybridized carbons (Fsp3) is 0.250. The van der Waals surface area contributed by atoms with Gasteiger partial charge in [-0.25, -0.2) is 4.98 Å². The Bertz CT molecular complexity index is 498. The maximum Gasteiger partial charge on any atom is 0.103 e. The van der Waals surface area contributed by atoms with Gasteiger partial charge < -0.3 is 10.7 Å². The number of imidazole rings is 1. The van der Waals surface area contributed by atoms with Gasteiger partial charge in [0, 0.05) is 16.9 Å². The van der Waals surface area contributed by atoms with Crippen molar-refractivity contribution < 1.29 is 0 Å². The number of nitrogen functional groups attached to an aromatic ring is 1. The predicted molar refractivity (Wildman–Crippen MR) is 62.6 cm³/mol. The van der Waals surface area contributed by atoms with Crippen molar-refractivity contribution in [2.24, 2.45) is 0 Å². The van der Waals surface area contributed by atoms with Gasteiger partial charge in [-0.1, -0.05) is 12.1 Å². The zero-order valence-electron chi connectivity index (χ0n) is 9.26. The summed E-state index contributed by atoms with van der Waals surface area (Å²) in [6.45, 7) is 5.97. The van der Waals surface area contributed by atoms with Gasteiger partial charge in [-0.2, -0.15) is 0 Å². The molecule has 0 fully saturated rings. The van der Waals surface area contributed by atoms with Gasteiger partial charge in [0.25, 0.3) is 0 Å². The Morgan fingerprint density at radius 2 is 1.93 bits per heavy atom. The second-order valence-electron chi connectivity index (χ2n) is 3.87. The topological polar surface area (TPSA) is 54.7 Å². The Morgan fingerprint density at radius 1 is 1.20 bits per heavy atom. The molecule has 0 spiro atoms. The number of rotatable bonds is 1. The first kappa shape index (κ1) is 9.77. The van der Waals surface area contributed by atoms with E-state index in [2.05, 4.69) is 9.97 Å². The molecule has 0 aliphatic heterocycles. The van der Waals surface area contributed by atoms with E-state index < -0.39 is 0 Å². The maximum atomic E-state index is 5.88. The lowest BCUT2D eigenvalue weighted by molar-refractivity contribution is 1.13. The van der Waals surface area contributed by atoms with Crippen LogP contribution in [0.4, 0.5) is 5.69 Å². The monoisotopic (exact) mass is 201 g/mol. The van der Waals surface area contributed by atoms with E-state index in [1.165, 1.54) is 0 Å². The molecular weight excluding hydrogens is 186 g/mol. The van der Waals surface area contributed by atoms with Crippen molar-refractivity contribution in [3.63, 3.8) is 0 Å². The van der Waals surface area contributed by atoms with E-state index in [9.17, 15) is 0 Å². The van der Waals surface area contributed by atoms with Crippen LogP contribution in [0.3, 0.4) is 0 Å². The molecule has 3 nitrogen and oxygen atoms in total. The highest BCUT2D eigenvalue weighted by Crippen LogP contribution is 2.24. The van der Waals surface area contributed by atoms with Gasteiger partial charge in [-0.15, -0.1) is 0 Å². The molecule has 1 aromatic carbocycles. The predicted octanol–water partition coefficient (Wildman–Crippen LogP) is 2.58. The molecule has 1 heterocycles. The van der Waals surface area contributed by atoms with Crippen LogP contribution in [0.1, 0.15) is 17.1 Å². The minimum Gasteiger partial charge on any atom is -0.398 e. The molecule has 3 heteroatoms. The Balaban J connectivity index is 2.54. The van der Waals surface area contributed by atoms with Crippen LogP contribution in [0, 0.1) is 20.8 Å². The highest BCUT2D eigenvalue weighted by molar-refractivity contribution is 5.67. The standard InChI is InChI=1S/C12H15N3/c1-7-4-5-10(6-11(7)13)12-8(2)14-9(3)15-12/h4-6H,13H2,1-3H3,(H,14,15). The van der Waals surface area contributed by atoms with Crippen LogP contribution in [0.15, 0.2) is 18.2 Å². The van der Waals surface area contributed by atoms with E-state index in [1.54, 1.807) is 0 Å². The molecule has 0 atom stereocenters. The van der Waals surface area contributed by atoms with Crippen LogP contribution in [-0.4, -0.2) is 9.97 Å². The quantitative estimate of drug-likeness (QED) is 0.697. The van der Waals surface area contributed by atoms with E-state index >= 15 is 0 Å². The molecule has 0 bridgehead atoms. The number of aromatic nitrogens is 2. The van der Waals surface area contributed by atoms with E-state index in [1.807, 2.05) is 39.0 Å². The molecule has 0 saturated carbocycles. The Morgan fingerprint density at radius 3 is 2.47 bits per heavy atom. The van der Waals surface area contributed by atoms with Crippen molar-refractivity contribution in [1.29, 1.82) is 0 Å². The van der Waals surface area contributed by atoms with Crippen molar-refractivity contribution in [1.82, 2.24) is 9.97 Å². The molecule has 78 valence electrons. The summed E-state index contributed by atoms with van der Waals surface area (Å²) in [6, 6.07) is 6.04. The van der Waals surface area contributed by atoms with Crippen molar-refractivity contribution in [2.45, 2.75) is 20.8 Å². The highest BCUT2D eigenvalue weighted by atomic mass is 14.9. The number of aryl methyl sites for hydroxylation is 3. The Kier molecular flexibility index (Phi) is 2.23. The SMILES string of the molecule is Cc1nc(-c2ccc(C)c(N)c2)c(C)[nH]1. The number of benzene rings is 1. The fourth-order valence-corrected chi connectivity index (χ4v) is 1.68. The first-order chi connectivity index (χ1) is 7.08. The number of anilines is 1. The van der Waals surface area contributed by atoms with Gasteiger partial charge in [0.15, 0.2) is 0 Å². The molecule has 0 unspecified atom stereocenters. The van der Waals surface area contributed by atoms with Gasteiger partial charge in [-0.3, -0.25) is 0 Å².